The first-order valence-corrected chi connectivity index (χ1v) is 14.7. The lowest BCUT2D eigenvalue weighted by atomic mass is 10.0. The highest BCUT2D eigenvalue weighted by Crippen LogP contribution is 2.29. The molecule has 0 aliphatic carbocycles. The summed E-state index contributed by atoms with van der Waals surface area (Å²) in [6, 6.07) is 14.1. The van der Waals surface area contributed by atoms with Gasteiger partial charge in [-0.15, -0.1) is 0 Å². The Morgan fingerprint density at radius 3 is 2.12 bits per heavy atom. The summed E-state index contributed by atoms with van der Waals surface area (Å²) >= 11 is 0. The van der Waals surface area contributed by atoms with E-state index in [1.165, 1.54) is 14.1 Å². The van der Waals surface area contributed by atoms with Crippen molar-refractivity contribution >= 4 is 33.6 Å². The van der Waals surface area contributed by atoms with Crippen LogP contribution in [0.3, 0.4) is 0 Å². The molecule has 2 fully saturated rings. The van der Waals surface area contributed by atoms with Gasteiger partial charge in [0.05, 0.1) is 24.6 Å². The van der Waals surface area contributed by atoms with Gasteiger partial charge in [0.1, 0.15) is 24.7 Å². The van der Waals surface area contributed by atoms with Gasteiger partial charge in [-0.1, -0.05) is 36.4 Å². The summed E-state index contributed by atoms with van der Waals surface area (Å²) < 4.78 is 30.8. The number of rotatable bonds is 10. The number of likely N-dealkylation sites (tertiary alicyclic amines) is 1. The zero-order valence-corrected chi connectivity index (χ0v) is 23.0. The van der Waals surface area contributed by atoms with E-state index in [0.29, 0.717) is 11.3 Å². The molecular formula is C27H33N5O7S. The molecule has 2 heterocycles. The lowest BCUT2D eigenvalue weighted by molar-refractivity contribution is -0.144. The maximum atomic E-state index is 13.1. The summed E-state index contributed by atoms with van der Waals surface area (Å²) in [6.45, 7) is 0.669. The van der Waals surface area contributed by atoms with Crippen molar-refractivity contribution in [3.05, 3.63) is 54.1 Å². The number of amides is 2. The van der Waals surface area contributed by atoms with Gasteiger partial charge in [-0.05, 0) is 29.7 Å². The van der Waals surface area contributed by atoms with E-state index in [-0.39, 0.29) is 63.9 Å². The minimum Gasteiger partial charge on any atom is -0.491 e. The third kappa shape index (κ3) is 6.96. The second-order valence-corrected chi connectivity index (χ2v) is 12.0. The van der Waals surface area contributed by atoms with Crippen LogP contribution in [0.2, 0.25) is 0 Å². The molecule has 0 bridgehead atoms. The predicted octanol–water partition coefficient (Wildman–Crippen LogP) is 0.812. The van der Waals surface area contributed by atoms with Crippen molar-refractivity contribution in [2.45, 2.75) is 18.9 Å². The zero-order valence-electron chi connectivity index (χ0n) is 22.2. The molecule has 13 heteroatoms. The second-order valence-electron chi connectivity index (χ2n) is 10.0. The van der Waals surface area contributed by atoms with E-state index in [4.69, 9.17) is 15.9 Å². The fourth-order valence-corrected chi connectivity index (χ4v) is 5.84. The van der Waals surface area contributed by atoms with E-state index < -0.39 is 33.9 Å². The van der Waals surface area contributed by atoms with Crippen LogP contribution in [0.1, 0.15) is 18.4 Å². The Morgan fingerprint density at radius 1 is 1.02 bits per heavy atom. The van der Waals surface area contributed by atoms with Crippen molar-refractivity contribution in [2.24, 2.45) is 11.7 Å². The van der Waals surface area contributed by atoms with E-state index in [2.05, 4.69) is 0 Å². The van der Waals surface area contributed by atoms with Crippen LogP contribution in [0.4, 0.5) is 0 Å². The number of carbonyl (C=O) groups excluding carboxylic acids is 2. The molecule has 2 aliphatic heterocycles. The number of hydrogen-bond donors (Lipinski definition) is 3. The number of nitrogens with one attached hydrogen (secondary N) is 1. The normalized spacial score (nSPS) is 20.0. The number of carboxylic acids is 1. The molecule has 0 radical (unpaired) electrons. The van der Waals surface area contributed by atoms with Gasteiger partial charge in [0, 0.05) is 31.7 Å². The number of carbonyl (C=O) groups is 3. The molecule has 0 aromatic heterocycles. The predicted molar refractivity (Wildman–Crippen MR) is 147 cm³/mol. The molecule has 2 aromatic rings. The number of carboxylic acid groups (broad SMARTS) is 1. The topological polar surface area (TPSA) is 174 Å². The van der Waals surface area contributed by atoms with Crippen molar-refractivity contribution in [1.29, 1.82) is 5.41 Å². The number of nitrogens with zero attached hydrogens (tertiary/aromatic N) is 3. The average molecular weight is 572 g/mol. The minimum atomic E-state index is -3.34. The molecule has 0 spiro atoms. The molecular weight excluding hydrogens is 538 g/mol. The second kappa shape index (κ2) is 12.0. The molecule has 4 rings (SSSR count). The smallest absolute Gasteiger partial charge is 0.304 e. The molecule has 4 N–H and O–H groups in total. The van der Waals surface area contributed by atoms with Gasteiger partial charge in [-0.3, -0.25) is 19.8 Å². The standard InChI is InChI=1S/C27H33N5O7S/c1-40(37,38)31-12-10-30(11-13-31)24(33)16-32-22(14-21(27(32)36)15-25(34)35)17-39-23-8-6-19(7-9-23)18-2-4-20(5-3-18)26(28)29/h2-9,21-22H,10-17H2,1H3,(H3,28,29)(H,34,35)/t21-,22-/m0/s1. The van der Waals surface area contributed by atoms with Crippen LogP contribution < -0.4 is 10.5 Å². The molecule has 2 aliphatic rings. The number of benzene rings is 2. The minimum absolute atomic E-state index is 0.00320. The summed E-state index contributed by atoms with van der Waals surface area (Å²) in [5.41, 5.74) is 8.02. The Morgan fingerprint density at radius 2 is 1.60 bits per heavy atom. The Labute approximate surface area is 232 Å². The first kappa shape index (κ1) is 29.0. The highest BCUT2D eigenvalue weighted by atomic mass is 32.2. The SMILES string of the molecule is CS(=O)(=O)N1CCN(C(=O)CN2C(=O)[C@H](CC(=O)O)C[C@H]2COc2ccc(-c3ccc(C(=N)N)cc3)cc2)CC1. The van der Waals surface area contributed by atoms with Crippen molar-refractivity contribution in [3.63, 3.8) is 0 Å². The molecule has 2 atom stereocenters. The van der Waals surface area contributed by atoms with Crippen molar-refractivity contribution in [1.82, 2.24) is 14.1 Å². The van der Waals surface area contributed by atoms with Crippen LogP contribution in [0.15, 0.2) is 48.5 Å². The first-order valence-electron chi connectivity index (χ1n) is 12.8. The number of aliphatic carboxylic acids is 1. The van der Waals surface area contributed by atoms with Gasteiger partial charge in [0.25, 0.3) is 0 Å². The summed E-state index contributed by atoms with van der Waals surface area (Å²) in [4.78, 5) is 40.3. The third-order valence-corrected chi connectivity index (χ3v) is 8.55. The van der Waals surface area contributed by atoms with Gasteiger partial charge in [-0.25, -0.2) is 8.42 Å². The van der Waals surface area contributed by atoms with Crippen molar-refractivity contribution < 1.29 is 32.6 Å². The first-order chi connectivity index (χ1) is 18.9. The highest BCUT2D eigenvalue weighted by Gasteiger charge is 2.42. The summed E-state index contributed by atoms with van der Waals surface area (Å²) in [5, 5.41) is 16.8. The van der Waals surface area contributed by atoms with Crippen molar-refractivity contribution in [2.75, 3.05) is 45.6 Å². The fourth-order valence-electron chi connectivity index (χ4n) is 5.01. The number of sulfonamides is 1. The van der Waals surface area contributed by atoms with Gasteiger partial charge in [-0.2, -0.15) is 4.31 Å². The van der Waals surface area contributed by atoms with Crippen molar-refractivity contribution in [3.8, 4) is 16.9 Å². The van der Waals surface area contributed by atoms with E-state index in [1.807, 2.05) is 24.3 Å². The van der Waals surface area contributed by atoms with Crippen LogP contribution in [0.5, 0.6) is 5.75 Å². The van der Waals surface area contributed by atoms with Gasteiger partial charge < -0.3 is 25.4 Å². The number of piperazine rings is 1. The molecule has 0 saturated carbocycles. The van der Waals surface area contributed by atoms with Crippen LogP contribution in [0, 0.1) is 11.3 Å². The van der Waals surface area contributed by atoms with Crippen LogP contribution >= 0.6 is 0 Å². The Bertz CT molecular complexity index is 1370. The van der Waals surface area contributed by atoms with E-state index >= 15 is 0 Å². The van der Waals surface area contributed by atoms with Gasteiger partial charge in [0.2, 0.25) is 21.8 Å². The Kier molecular flexibility index (Phi) is 8.74. The number of nitrogens with two attached hydrogens (primary N) is 1. The largest absolute Gasteiger partial charge is 0.491 e. The molecule has 214 valence electrons. The molecule has 0 unspecified atom stereocenters. The zero-order chi connectivity index (χ0) is 29.0. The maximum Gasteiger partial charge on any atom is 0.304 e. The van der Waals surface area contributed by atoms with E-state index in [1.54, 1.807) is 24.3 Å². The average Bonchev–Trinajstić information content (AvgIpc) is 3.20. The lowest BCUT2D eigenvalue weighted by Crippen LogP contribution is -2.53. The summed E-state index contributed by atoms with van der Waals surface area (Å²) in [7, 11) is -3.34. The van der Waals surface area contributed by atoms with E-state index in [0.717, 1.165) is 17.4 Å². The van der Waals surface area contributed by atoms with Gasteiger partial charge >= 0.3 is 5.97 Å². The molecule has 40 heavy (non-hydrogen) atoms. The molecule has 12 nitrogen and oxygen atoms in total. The van der Waals surface area contributed by atoms with Crippen LogP contribution in [-0.2, 0) is 24.4 Å². The summed E-state index contributed by atoms with van der Waals surface area (Å²) in [5.74, 6) is -2.00. The Balaban J connectivity index is 1.39. The molecule has 2 saturated heterocycles. The van der Waals surface area contributed by atoms with Gasteiger partial charge in [0.15, 0.2) is 0 Å². The number of amidine groups is 1. The Hall–Kier alpha value is -3.97. The van der Waals surface area contributed by atoms with Crippen LogP contribution in [-0.4, -0.2) is 103 Å². The lowest BCUT2D eigenvalue weighted by Gasteiger charge is -2.35. The highest BCUT2D eigenvalue weighted by molar-refractivity contribution is 7.88. The maximum absolute atomic E-state index is 13.1. The molecule has 2 aromatic carbocycles. The monoisotopic (exact) mass is 571 g/mol. The number of ether oxygens (including phenoxy) is 1. The molecule has 2 amide bonds. The summed E-state index contributed by atoms with van der Waals surface area (Å²) in [6.07, 6.45) is 1.05. The number of hydrogen-bond acceptors (Lipinski definition) is 7. The number of nitrogen functional groups attached to an aromatic ring is 1. The van der Waals surface area contributed by atoms with E-state index in [9.17, 15) is 27.9 Å². The van der Waals surface area contributed by atoms with Crippen LogP contribution in [0.25, 0.3) is 11.1 Å². The fraction of sp³-hybridized carbons (Fsp3) is 0.407. The third-order valence-electron chi connectivity index (χ3n) is 7.24. The quantitative estimate of drug-likeness (QED) is 0.277.